The zero-order chi connectivity index (χ0) is 10.8. The van der Waals surface area contributed by atoms with Gasteiger partial charge in [0.2, 0.25) is 5.91 Å². The Bertz CT molecular complexity index is 370. The van der Waals surface area contributed by atoms with E-state index in [9.17, 15) is 4.79 Å². The van der Waals surface area contributed by atoms with E-state index in [1.807, 2.05) is 17.0 Å². The Labute approximate surface area is 89.2 Å². The standard InChI is InChI=1S/C11H17N3O/c12-10-4-2-1-3-8-5-14(6-9(8)10)7-11(13)15/h5-6,10H,1-4,7,12H2,(H2,13,15). The van der Waals surface area contributed by atoms with Gasteiger partial charge in [-0.15, -0.1) is 0 Å². The van der Waals surface area contributed by atoms with Crippen LogP contribution in [0.25, 0.3) is 0 Å². The number of nitrogens with two attached hydrogens (primary N) is 2. The molecule has 4 heteroatoms. The zero-order valence-corrected chi connectivity index (χ0v) is 8.78. The Kier molecular flexibility index (Phi) is 2.77. The predicted molar refractivity (Wildman–Crippen MR) is 58.1 cm³/mol. The van der Waals surface area contributed by atoms with Crippen LogP contribution in [-0.2, 0) is 17.8 Å². The second-order valence-electron chi connectivity index (χ2n) is 4.23. The van der Waals surface area contributed by atoms with Crippen molar-refractivity contribution in [3.8, 4) is 0 Å². The number of amides is 1. The molecular formula is C11H17N3O. The van der Waals surface area contributed by atoms with Crippen LogP contribution in [-0.4, -0.2) is 10.5 Å². The number of fused-ring (bicyclic) bond motifs is 1. The molecule has 0 fully saturated rings. The van der Waals surface area contributed by atoms with E-state index in [4.69, 9.17) is 11.5 Å². The molecule has 2 rings (SSSR count). The number of aryl methyl sites for hydroxylation is 1. The molecule has 4 nitrogen and oxygen atoms in total. The first-order chi connectivity index (χ1) is 7.16. The predicted octanol–water partition coefficient (Wildman–Crippen LogP) is 0.700. The SMILES string of the molecule is NC(=O)Cn1cc2c(c1)C(N)CCCC2. The molecule has 0 spiro atoms. The lowest BCUT2D eigenvalue weighted by Gasteiger charge is -2.07. The third-order valence-corrected chi connectivity index (χ3v) is 2.95. The topological polar surface area (TPSA) is 74.0 Å². The van der Waals surface area contributed by atoms with E-state index in [1.54, 1.807) is 0 Å². The van der Waals surface area contributed by atoms with Crippen molar-refractivity contribution in [2.24, 2.45) is 11.5 Å². The van der Waals surface area contributed by atoms with Gasteiger partial charge in [0.15, 0.2) is 0 Å². The van der Waals surface area contributed by atoms with Crippen molar-refractivity contribution in [3.05, 3.63) is 23.5 Å². The molecule has 15 heavy (non-hydrogen) atoms. The van der Waals surface area contributed by atoms with Crippen molar-refractivity contribution in [1.29, 1.82) is 0 Å². The quantitative estimate of drug-likeness (QED) is 0.700. The summed E-state index contributed by atoms with van der Waals surface area (Å²) in [6.45, 7) is 0.250. The molecule has 0 bridgehead atoms. The number of hydrogen-bond donors (Lipinski definition) is 2. The first kappa shape index (κ1) is 10.2. The fourth-order valence-electron chi connectivity index (χ4n) is 2.22. The van der Waals surface area contributed by atoms with E-state index in [1.165, 1.54) is 24.0 Å². The Hall–Kier alpha value is -1.29. The lowest BCUT2D eigenvalue weighted by molar-refractivity contribution is -0.118. The van der Waals surface area contributed by atoms with Gasteiger partial charge < -0.3 is 16.0 Å². The third kappa shape index (κ3) is 2.21. The minimum Gasteiger partial charge on any atom is -0.368 e. The minimum absolute atomic E-state index is 0.122. The maximum atomic E-state index is 10.8. The molecule has 1 heterocycles. The molecule has 0 aromatic carbocycles. The molecule has 82 valence electrons. The van der Waals surface area contributed by atoms with Crippen LogP contribution in [0.5, 0.6) is 0 Å². The first-order valence-electron chi connectivity index (χ1n) is 5.39. The van der Waals surface area contributed by atoms with Gasteiger partial charge >= 0.3 is 0 Å². The maximum absolute atomic E-state index is 10.8. The van der Waals surface area contributed by atoms with Crippen LogP contribution < -0.4 is 11.5 Å². The maximum Gasteiger partial charge on any atom is 0.237 e. The summed E-state index contributed by atoms with van der Waals surface area (Å²) in [6, 6.07) is 0.122. The van der Waals surface area contributed by atoms with E-state index in [0.717, 1.165) is 12.8 Å². The fraction of sp³-hybridized carbons (Fsp3) is 0.545. The monoisotopic (exact) mass is 207 g/mol. The highest BCUT2D eigenvalue weighted by molar-refractivity contribution is 5.73. The molecule has 1 aromatic rings. The van der Waals surface area contributed by atoms with Crippen molar-refractivity contribution >= 4 is 5.91 Å². The smallest absolute Gasteiger partial charge is 0.237 e. The minimum atomic E-state index is -0.311. The summed E-state index contributed by atoms with van der Waals surface area (Å²) < 4.78 is 1.85. The van der Waals surface area contributed by atoms with Crippen LogP contribution in [0.3, 0.4) is 0 Å². The van der Waals surface area contributed by atoms with Crippen LogP contribution in [0.1, 0.15) is 36.4 Å². The third-order valence-electron chi connectivity index (χ3n) is 2.95. The summed E-state index contributed by atoms with van der Waals surface area (Å²) in [7, 11) is 0. The van der Waals surface area contributed by atoms with E-state index in [2.05, 4.69) is 0 Å². The van der Waals surface area contributed by atoms with Crippen molar-refractivity contribution in [2.45, 2.75) is 38.3 Å². The Morgan fingerprint density at radius 2 is 2.27 bits per heavy atom. The van der Waals surface area contributed by atoms with Gasteiger partial charge in [-0.25, -0.2) is 0 Å². The lowest BCUT2D eigenvalue weighted by atomic mass is 10.1. The molecule has 1 amide bonds. The van der Waals surface area contributed by atoms with Crippen LogP contribution in [0.2, 0.25) is 0 Å². The van der Waals surface area contributed by atoms with Crippen LogP contribution >= 0.6 is 0 Å². The number of carbonyl (C=O) groups excluding carboxylic acids is 1. The van der Waals surface area contributed by atoms with E-state index < -0.39 is 0 Å². The van der Waals surface area contributed by atoms with Gasteiger partial charge in [0.25, 0.3) is 0 Å². The van der Waals surface area contributed by atoms with E-state index in [-0.39, 0.29) is 18.5 Å². The van der Waals surface area contributed by atoms with Crippen LogP contribution in [0.4, 0.5) is 0 Å². The molecule has 0 saturated carbocycles. The van der Waals surface area contributed by atoms with Crippen LogP contribution in [0.15, 0.2) is 12.4 Å². The van der Waals surface area contributed by atoms with Crippen molar-refractivity contribution in [1.82, 2.24) is 4.57 Å². The van der Waals surface area contributed by atoms with Gasteiger partial charge in [0.1, 0.15) is 6.54 Å². The molecule has 1 unspecified atom stereocenters. The summed E-state index contributed by atoms with van der Waals surface area (Å²) in [5, 5.41) is 0. The fourth-order valence-corrected chi connectivity index (χ4v) is 2.22. The van der Waals surface area contributed by atoms with Crippen molar-refractivity contribution in [3.63, 3.8) is 0 Å². The first-order valence-corrected chi connectivity index (χ1v) is 5.39. The highest BCUT2D eigenvalue weighted by atomic mass is 16.1. The largest absolute Gasteiger partial charge is 0.368 e. The summed E-state index contributed by atoms with van der Waals surface area (Å²) in [6.07, 6.45) is 8.44. The normalized spacial score (nSPS) is 20.7. The van der Waals surface area contributed by atoms with Gasteiger partial charge in [-0.05, 0) is 30.4 Å². The number of hydrogen-bond acceptors (Lipinski definition) is 2. The second-order valence-corrected chi connectivity index (χ2v) is 4.23. The molecule has 0 aliphatic heterocycles. The summed E-state index contributed by atoms with van der Waals surface area (Å²) in [5.74, 6) is -0.311. The molecule has 0 saturated heterocycles. The molecule has 1 aromatic heterocycles. The highest BCUT2D eigenvalue weighted by Gasteiger charge is 2.17. The molecular weight excluding hydrogens is 190 g/mol. The van der Waals surface area contributed by atoms with Gasteiger partial charge in [-0.2, -0.15) is 0 Å². The van der Waals surface area contributed by atoms with E-state index >= 15 is 0 Å². The van der Waals surface area contributed by atoms with Gasteiger partial charge in [0.05, 0.1) is 0 Å². The summed E-state index contributed by atoms with van der Waals surface area (Å²) in [5.41, 5.74) is 13.7. The number of carbonyl (C=O) groups is 1. The van der Waals surface area contributed by atoms with Gasteiger partial charge in [-0.1, -0.05) is 6.42 Å². The van der Waals surface area contributed by atoms with Crippen LogP contribution in [0, 0.1) is 0 Å². The summed E-state index contributed by atoms with van der Waals surface area (Å²) in [4.78, 5) is 10.8. The second kappa shape index (κ2) is 4.06. The molecule has 1 aliphatic rings. The average molecular weight is 207 g/mol. The average Bonchev–Trinajstić information content (AvgIpc) is 2.47. The lowest BCUT2D eigenvalue weighted by Crippen LogP contribution is -2.17. The number of nitrogens with zero attached hydrogens (tertiary/aromatic N) is 1. The van der Waals surface area contributed by atoms with Gasteiger partial charge in [-0.3, -0.25) is 4.79 Å². The Morgan fingerprint density at radius 3 is 3.00 bits per heavy atom. The van der Waals surface area contributed by atoms with Gasteiger partial charge in [0, 0.05) is 18.4 Å². The highest BCUT2D eigenvalue weighted by Crippen LogP contribution is 2.27. The Morgan fingerprint density at radius 1 is 1.47 bits per heavy atom. The molecule has 4 N–H and O–H groups in total. The Balaban J connectivity index is 2.25. The van der Waals surface area contributed by atoms with E-state index in [0.29, 0.717) is 0 Å². The number of aromatic nitrogens is 1. The van der Waals surface area contributed by atoms with Crippen molar-refractivity contribution in [2.75, 3.05) is 0 Å². The number of rotatable bonds is 2. The van der Waals surface area contributed by atoms with Crippen molar-refractivity contribution < 1.29 is 4.79 Å². The molecule has 1 aliphatic carbocycles. The molecule has 1 atom stereocenters. The zero-order valence-electron chi connectivity index (χ0n) is 8.78. The molecule has 0 radical (unpaired) electrons. The summed E-state index contributed by atoms with van der Waals surface area (Å²) >= 11 is 0. The number of primary amides is 1.